The second-order valence-electron chi connectivity index (χ2n) is 5.86. The van der Waals surface area contributed by atoms with Crippen LogP contribution in [0, 0.1) is 10.1 Å². The van der Waals surface area contributed by atoms with E-state index in [0.717, 1.165) is 18.4 Å². The smallest absolute Gasteiger partial charge is 0.292 e. The van der Waals surface area contributed by atoms with E-state index in [9.17, 15) is 14.9 Å². The second kappa shape index (κ2) is 6.90. The number of nitrogens with two attached hydrogens (primary N) is 1. The second-order valence-corrected chi connectivity index (χ2v) is 6.68. The van der Waals surface area contributed by atoms with Crippen molar-refractivity contribution in [3.8, 4) is 0 Å². The van der Waals surface area contributed by atoms with E-state index < -0.39 is 4.92 Å². The van der Waals surface area contributed by atoms with E-state index >= 15 is 0 Å². The lowest BCUT2D eigenvalue weighted by Gasteiger charge is -2.25. The number of rotatable bonds is 3. The molecule has 1 amide bonds. The van der Waals surface area contributed by atoms with E-state index in [4.69, 9.17) is 28.9 Å². The molecule has 0 aromatic heterocycles. The fourth-order valence-corrected chi connectivity index (χ4v) is 3.38. The highest BCUT2D eigenvalue weighted by Crippen LogP contribution is 2.36. The molecule has 130 valence electrons. The fraction of sp³-hybridized carbons (Fsp3) is 0.235. The molecule has 2 aromatic carbocycles. The molecule has 1 heterocycles. The van der Waals surface area contributed by atoms with Crippen LogP contribution >= 0.6 is 23.2 Å². The molecular weight excluding hydrogens is 365 g/mol. The van der Waals surface area contributed by atoms with Gasteiger partial charge in [-0.3, -0.25) is 14.9 Å². The van der Waals surface area contributed by atoms with Crippen LogP contribution in [0.3, 0.4) is 0 Å². The molecule has 0 aliphatic carbocycles. The Kier molecular flexibility index (Phi) is 4.83. The largest absolute Gasteiger partial charge is 0.393 e. The molecule has 3 rings (SSSR count). The van der Waals surface area contributed by atoms with Gasteiger partial charge in [-0.25, -0.2) is 0 Å². The summed E-state index contributed by atoms with van der Waals surface area (Å²) in [6.07, 6.45) is 1.63. The molecule has 1 aliphatic rings. The summed E-state index contributed by atoms with van der Waals surface area (Å²) in [5.74, 6) is -0.267. The zero-order chi connectivity index (χ0) is 18.1. The molecule has 2 N–H and O–H groups in total. The summed E-state index contributed by atoms with van der Waals surface area (Å²) in [5.41, 5.74) is 6.50. The maximum Gasteiger partial charge on any atom is 0.292 e. The van der Waals surface area contributed by atoms with Crippen LogP contribution < -0.4 is 5.73 Å². The molecule has 1 fully saturated rings. The van der Waals surface area contributed by atoms with Crippen LogP contribution in [0.1, 0.15) is 34.8 Å². The zero-order valence-electron chi connectivity index (χ0n) is 13.1. The molecule has 8 heteroatoms. The third kappa shape index (κ3) is 3.41. The van der Waals surface area contributed by atoms with Gasteiger partial charge in [0.2, 0.25) is 0 Å². The van der Waals surface area contributed by atoms with Gasteiger partial charge in [0, 0.05) is 18.2 Å². The van der Waals surface area contributed by atoms with Crippen molar-refractivity contribution in [2.24, 2.45) is 0 Å². The lowest BCUT2D eigenvalue weighted by Crippen LogP contribution is -2.30. The van der Waals surface area contributed by atoms with E-state index in [1.807, 2.05) is 6.07 Å². The van der Waals surface area contributed by atoms with Crippen LogP contribution in [0.5, 0.6) is 0 Å². The van der Waals surface area contributed by atoms with Gasteiger partial charge in [0.15, 0.2) is 0 Å². The maximum absolute atomic E-state index is 12.9. The predicted octanol–water partition coefficient (Wildman–Crippen LogP) is 4.46. The molecule has 2 aromatic rings. The third-order valence-corrected chi connectivity index (χ3v) is 5.06. The number of nitro benzene ring substituents is 1. The van der Waals surface area contributed by atoms with Gasteiger partial charge in [0.25, 0.3) is 11.6 Å². The highest BCUT2D eigenvalue weighted by atomic mass is 35.5. The van der Waals surface area contributed by atoms with Crippen molar-refractivity contribution in [2.75, 3.05) is 12.3 Å². The van der Waals surface area contributed by atoms with Gasteiger partial charge in [-0.05, 0) is 42.7 Å². The first kappa shape index (κ1) is 17.5. The average Bonchev–Trinajstić information content (AvgIpc) is 3.06. The molecule has 0 saturated carbocycles. The summed E-state index contributed by atoms with van der Waals surface area (Å²) in [4.78, 5) is 25.0. The lowest BCUT2D eigenvalue weighted by molar-refractivity contribution is -0.383. The van der Waals surface area contributed by atoms with Crippen LogP contribution in [0.4, 0.5) is 11.4 Å². The van der Waals surface area contributed by atoms with E-state index in [0.29, 0.717) is 16.6 Å². The molecule has 1 atom stereocenters. The van der Waals surface area contributed by atoms with Crippen molar-refractivity contribution in [3.05, 3.63) is 67.7 Å². The number of nitrogens with zero attached hydrogens (tertiary/aromatic N) is 2. The summed E-state index contributed by atoms with van der Waals surface area (Å²) < 4.78 is 0. The number of nitrogen functional groups attached to an aromatic ring is 1. The number of carbonyl (C=O) groups is 1. The third-order valence-electron chi connectivity index (χ3n) is 4.32. The van der Waals surface area contributed by atoms with Crippen molar-refractivity contribution in [2.45, 2.75) is 18.9 Å². The number of likely N-dealkylation sites (tertiary alicyclic amines) is 1. The number of hydrogen-bond acceptors (Lipinski definition) is 4. The normalized spacial score (nSPS) is 16.9. The number of benzene rings is 2. The number of hydrogen-bond donors (Lipinski definition) is 1. The van der Waals surface area contributed by atoms with Gasteiger partial charge in [0.05, 0.1) is 21.0 Å². The Morgan fingerprint density at radius 1 is 1.20 bits per heavy atom. The van der Waals surface area contributed by atoms with Crippen LogP contribution in [0.15, 0.2) is 36.4 Å². The van der Waals surface area contributed by atoms with Gasteiger partial charge >= 0.3 is 0 Å². The van der Waals surface area contributed by atoms with E-state index in [-0.39, 0.29) is 28.9 Å². The minimum absolute atomic E-state index is 0.0315. The van der Waals surface area contributed by atoms with Crippen molar-refractivity contribution >= 4 is 40.5 Å². The first-order valence-electron chi connectivity index (χ1n) is 7.68. The van der Waals surface area contributed by atoms with Gasteiger partial charge in [0.1, 0.15) is 5.69 Å². The molecule has 1 aliphatic heterocycles. The number of halogens is 2. The van der Waals surface area contributed by atoms with Crippen molar-refractivity contribution in [1.29, 1.82) is 0 Å². The molecular formula is C17H15Cl2N3O3. The van der Waals surface area contributed by atoms with Crippen LogP contribution in [0.25, 0.3) is 0 Å². The average molecular weight is 380 g/mol. The molecule has 6 nitrogen and oxygen atoms in total. The van der Waals surface area contributed by atoms with Crippen LogP contribution in [-0.4, -0.2) is 22.3 Å². The molecule has 25 heavy (non-hydrogen) atoms. The highest BCUT2D eigenvalue weighted by Gasteiger charge is 2.31. The summed E-state index contributed by atoms with van der Waals surface area (Å²) in [6, 6.07) is 9.28. The predicted molar refractivity (Wildman–Crippen MR) is 97.0 cm³/mol. The van der Waals surface area contributed by atoms with E-state index in [1.165, 1.54) is 18.2 Å². The standard InChI is InChI=1S/C17H15Cl2N3O3/c18-12-5-3-10(8-13(12)19)15-2-1-7-21(15)17(23)11-4-6-14(20)16(9-11)22(24)25/h3-6,8-9,15H,1-2,7,20H2. The van der Waals surface area contributed by atoms with Gasteiger partial charge in [-0.2, -0.15) is 0 Å². The minimum atomic E-state index is -0.591. The lowest BCUT2D eigenvalue weighted by atomic mass is 10.0. The number of amides is 1. The number of anilines is 1. The Morgan fingerprint density at radius 2 is 1.96 bits per heavy atom. The number of nitro groups is 1. The van der Waals surface area contributed by atoms with E-state index in [1.54, 1.807) is 17.0 Å². The zero-order valence-corrected chi connectivity index (χ0v) is 14.6. The Morgan fingerprint density at radius 3 is 2.64 bits per heavy atom. The minimum Gasteiger partial charge on any atom is -0.393 e. The van der Waals surface area contributed by atoms with Gasteiger partial charge in [-0.15, -0.1) is 0 Å². The molecule has 0 spiro atoms. The number of carbonyl (C=O) groups excluding carboxylic acids is 1. The maximum atomic E-state index is 12.9. The Balaban J connectivity index is 1.92. The molecule has 0 bridgehead atoms. The fourth-order valence-electron chi connectivity index (χ4n) is 3.08. The van der Waals surface area contributed by atoms with Crippen LogP contribution in [0.2, 0.25) is 10.0 Å². The SMILES string of the molecule is Nc1ccc(C(=O)N2CCCC2c2ccc(Cl)c(Cl)c2)cc1[N+](=O)[O-]. The summed E-state index contributed by atoms with van der Waals surface area (Å²) in [7, 11) is 0. The highest BCUT2D eigenvalue weighted by molar-refractivity contribution is 6.42. The Hall–Kier alpha value is -2.31. The topological polar surface area (TPSA) is 89.5 Å². The monoisotopic (exact) mass is 379 g/mol. The molecule has 1 saturated heterocycles. The first-order chi connectivity index (χ1) is 11.9. The molecule has 0 radical (unpaired) electrons. The van der Waals surface area contributed by atoms with E-state index in [2.05, 4.69) is 0 Å². The molecule has 1 unspecified atom stereocenters. The summed E-state index contributed by atoms with van der Waals surface area (Å²) >= 11 is 12.0. The summed E-state index contributed by atoms with van der Waals surface area (Å²) in [6.45, 7) is 0.571. The van der Waals surface area contributed by atoms with Crippen molar-refractivity contribution < 1.29 is 9.72 Å². The van der Waals surface area contributed by atoms with Gasteiger partial charge < -0.3 is 10.6 Å². The van der Waals surface area contributed by atoms with Crippen molar-refractivity contribution in [1.82, 2.24) is 4.90 Å². The Bertz CT molecular complexity index is 857. The summed E-state index contributed by atoms with van der Waals surface area (Å²) in [5, 5.41) is 11.9. The van der Waals surface area contributed by atoms with Crippen LogP contribution in [-0.2, 0) is 0 Å². The Labute approximate surface area is 154 Å². The van der Waals surface area contributed by atoms with Crippen molar-refractivity contribution in [3.63, 3.8) is 0 Å². The quantitative estimate of drug-likeness (QED) is 0.484. The first-order valence-corrected chi connectivity index (χ1v) is 8.44. The van der Waals surface area contributed by atoms with Gasteiger partial charge in [-0.1, -0.05) is 29.3 Å².